The van der Waals surface area contributed by atoms with Crippen LogP contribution in [0.1, 0.15) is 25.3 Å². The second-order valence-electron chi connectivity index (χ2n) is 9.11. The average Bonchev–Trinajstić information content (AvgIpc) is 3.65. The molecule has 6 nitrogen and oxygen atoms in total. The standard InChI is InChI=1S/C29H32ClN5O/c1-5-32-29-28(20(2)31)26(21-11-13-22(30)14-12-21)19-35(29)25-9-6-8-24(18-25)34(4)27(36)10-7-17-33(3)23-15-16-23/h5-14,18-19,23,31-32H,1,15-17H2,2-4H3/b10-7+,31-20?. The number of halogens is 1. The topological polar surface area (TPSA) is 64.4 Å². The van der Waals surface area contributed by atoms with Crippen LogP contribution < -0.4 is 10.2 Å². The van der Waals surface area contributed by atoms with Gasteiger partial charge >= 0.3 is 0 Å². The Bertz CT molecular complexity index is 1300. The Morgan fingerprint density at radius 2 is 1.94 bits per heavy atom. The summed E-state index contributed by atoms with van der Waals surface area (Å²) in [5.74, 6) is 0.655. The summed E-state index contributed by atoms with van der Waals surface area (Å²) in [5, 5.41) is 12.3. The van der Waals surface area contributed by atoms with Crippen LogP contribution in [0.15, 0.2) is 79.7 Å². The molecule has 0 radical (unpaired) electrons. The van der Waals surface area contributed by atoms with Crippen molar-refractivity contribution in [2.24, 2.45) is 0 Å². The van der Waals surface area contributed by atoms with Crippen LogP contribution in [0.2, 0.25) is 5.02 Å². The predicted molar refractivity (Wildman–Crippen MR) is 151 cm³/mol. The van der Waals surface area contributed by atoms with E-state index in [1.807, 2.05) is 65.4 Å². The van der Waals surface area contributed by atoms with E-state index in [0.717, 1.165) is 40.4 Å². The fourth-order valence-electron chi connectivity index (χ4n) is 4.25. The van der Waals surface area contributed by atoms with Crippen molar-refractivity contribution in [3.63, 3.8) is 0 Å². The molecular weight excluding hydrogens is 470 g/mol. The zero-order valence-electron chi connectivity index (χ0n) is 21.0. The number of amides is 1. The fraction of sp³-hybridized carbons (Fsp3) is 0.241. The molecular formula is C29H32ClN5O. The summed E-state index contributed by atoms with van der Waals surface area (Å²) in [6, 6.07) is 16.0. The number of nitrogens with one attached hydrogen (secondary N) is 2. The van der Waals surface area contributed by atoms with Crippen LogP contribution in [-0.2, 0) is 4.79 Å². The molecule has 1 heterocycles. The van der Waals surface area contributed by atoms with E-state index < -0.39 is 0 Å². The highest BCUT2D eigenvalue weighted by Crippen LogP contribution is 2.35. The number of carbonyl (C=O) groups excluding carboxylic acids is 1. The normalized spacial score (nSPS) is 13.2. The summed E-state index contributed by atoms with van der Waals surface area (Å²) >= 11 is 6.11. The van der Waals surface area contributed by atoms with Gasteiger partial charge in [0.05, 0.1) is 0 Å². The second-order valence-corrected chi connectivity index (χ2v) is 9.54. The number of aromatic nitrogens is 1. The SMILES string of the molecule is C=CNc1c(C(C)=N)c(-c2ccc(Cl)cc2)cn1-c1cccc(N(C)C(=O)/C=C/CN(C)C2CC2)c1. The number of nitrogens with zero attached hydrogens (tertiary/aromatic N) is 3. The van der Waals surface area contributed by atoms with E-state index in [9.17, 15) is 4.79 Å². The molecule has 0 spiro atoms. The number of anilines is 2. The molecule has 1 aliphatic rings. The first kappa shape index (κ1) is 25.5. The first-order chi connectivity index (χ1) is 17.3. The van der Waals surface area contributed by atoms with Crippen molar-refractivity contribution < 1.29 is 4.79 Å². The van der Waals surface area contributed by atoms with E-state index >= 15 is 0 Å². The largest absolute Gasteiger partial charge is 0.348 e. The Balaban J connectivity index is 1.67. The molecule has 0 bridgehead atoms. The van der Waals surface area contributed by atoms with Gasteiger partial charge in [-0.15, -0.1) is 0 Å². The molecule has 2 aromatic carbocycles. The molecule has 7 heteroatoms. The minimum atomic E-state index is -0.0776. The maximum absolute atomic E-state index is 12.8. The molecule has 3 aromatic rings. The van der Waals surface area contributed by atoms with Gasteiger partial charge in [-0.25, -0.2) is 0 Å². The molecule has 0 unspecified atom stereocenters. The third kappa shape index (κ3) is 5.61. The lowest BCUT2D eigenvalue weighted by Gasteiger charge is -2.18. The Morgan fingerprint density at radius 3 is 2.58 bits per heavy atom. The summed E-state index contributed by atoms with van der Waals surface area (Å²) in [6.07, 6.45) is 9.65. The van der Waals surface area contributed by atoms with Gasteiger partial charge in [-0.3, -0.25) is 9.69 Å². The van der Waals surface area contributed by atoms with Gasteiger partial charge in [0.1, 0.15) is 5.82 Å². The van der Waals surface area contributed by atoms with Gasteiger partial charge < -0.3 is 20.2 Å². The third-order valence-electron chi connectivity index (χ3n) is 6.42. The fourth-order valence-corrected chi connectivity index (χ4v) is 4.38. The van der Waals surface area contributed by atoms with Crippen LogP contribution in [0, 0.1) is 5.41 Å². The van der Waals surface area contributed by atoms with Crippen molar-refractivity contribution in [2.45, 2.75) is 25.8 Å². The van der Waals surface area contributed by atoms with Crippen molar-refractivity contribution in [1.82, 2.24) is 9.47 Å². The van der Waals surface area contributed by atoms with Crippen molar-refractivity contribution >= 4 is 34.7 Å². The smallest absolute Gasteiger partial charge is 0.250 e. The predicted octanol–water partition coefficient (Wildman–Crippen LogP) is 6.35. The summed E-state index contributed by atoms with van der Waals surface area (Å²) in [6.45, 7) is 6.37. The van der Waals surface area contributed by atoms with Gasteiger partial charge in [0.25, 0.3) is 0 Å². The van der Waals surface area contributed by atoms with Crippen molar-refractivity contribution in [1.29, 1.82) is 5.41 Å². The van der Waals surface area contributed by atoms with Crippen molar-refractivity contribution in [3.05, 3.63) is 90.2 Å². The molecule has 4 rings (SSSR count). The van der Waals surface area contributed by atoms with E-state index in [1.54, 1.807) is 31.1 Å². The zero-order valence-corrected chi connectivity index (χ0v) is 21.7. The summed E-state index contributed by atoms with van der Waals surface area (Å²) in [4.78, 5) is 16.7. The average molecular weight is 502 g/mol. The third-order valence-corrected chi connectivity index (χ3v) is 6.68. The summed E-state index contributed by atoms with van der Waals surface area (Å²) < 4.78 is 1.99. The van der Waals surface area contributed by atoms with Crippen LogP contribution in [0.3, 0.4) is 0 Å². The minimum absolute atomic E-state index is 0.0776. The lowest BCUT2D eigenvalue weighted by molar-refractivity contribution is -0.113. The van der Waals surface area contributed by atoms with Gasteiger partial charge in [0, 0.05) is 65.1 Å². The first-order valence-electron chi connectivity index (χ1n) is 12.0. The molecule has 0 atom stereocenters. The molecule has 1 amide bonds. The Labute approximate surface area is 218 Å². The Morgan fingerprint density at radius 1 is 1.22 bits per heavy atom. The van der Waals surface area contributed by atoms with Gasteiger partial charge in [0.15, 0.2) is 0 Å². The molecule has 0 aliphatic heterocycles. The molecule has 1 saturated carbocycles. The molecule has 1 aromatic heterocycles. The first-order valence-corrected chi connectivity index (χ1v) is 12.4. The summed E-state index contributed by atoms with van der Waals surface area (Å²) in [5.41, 5.74) is 4.69. The number of hydrogen-bond acceptors (Lipinski definition) is 4. The highest BCUT2D eigenvalue weighted by Gasteiger charge is 2.25. The molecule has 36 heavy (non-hydrogen) atoms. The second kappa shape index (κ2) is 11.0. The summed E-state index contributed by atoms with van der Waals surface area (Å²) in [7, 11) is 3.87. The maximum atomic E-state index is 12.8. The quantitative estimate of drug-likeness (QED) is 0.251. The number of benzene rings is 2. The molecule has 186 valence electrons. The van der Waals surface area contributed by atoms with Crippen molar-refractivity contribution in [2.75, 3.05) is 30.9 Å². The molecule has 0 saturated heterocycles. The minimum Gasteiger partial charge on any atom is -0.348 e. The lowest BCUT2D eigenvalue weighted by atomic mass is 10.0. The highest BCUT2D eigenvalue weighted by atomic mass is 35.5. The Kier molecular flexibility index (Phi) is 7.77. The number of hydrogen-bond donors (Lipinski definition) is 2. The lowest BCUT2D eigenvalue weighted by Crippen LogP contribution is -2.25. The molecule has 1 aliphatic carbocycles. The van der Waals surface area contributed by atoms with Gasteiger partial charge in [-0.05, 0) is 68.9 Å². The maximum Gasteiger partial charge on any atom is 0.250 e. The van der Waals surface area contributed by atoms with Gasteiger partial charge in [-0.2, -0.15) is 0 Å². The number of carbonyl (C=O) groups is 1. The zero-order chi connectivity index (χ0) is 25.8. The Hall–Kier alpha value is -3.61. The van der Waals surface area contributed by atoms with E-state index in [1.165, 1.54) is 12.8 Å². The van der Waals surface area contributed by atoms with E-state index in [2.05, 4.69) is 23.8 Å². The molecule has 1 fully saturated rings. The molecule has 2 N–H and O–H groups in total. The van der Waals surface area contributed by atoms with Gasteiger partial charge in [-0.1, -0.05) is 42.5 Å². The number of rotatable bonds is 10. The van der Waals surface area contributed by atoms with Crippen molar-refractivity contribution in [3.8, 4) is 16.8 Å². The van der Waals surface area contributed by atoms with Crippen LogP contribution in [0.4, 0.5) is 11.5 Å². The number of likely N-dealkylation sites (N-methyl/N-ethyl adjacent to an activating group) is 2. The van der Waals surface area contributed by atoms with Crippen LogP contribution in [-0.4, -0.2) is 47.8 Å². The van der Waals surface area contributed by atoms with Crippen LogP contribution in [0.5, 0.6) is 0 Å². The monoisotopic (exact) mass is 501 g/mol. The van der Waals surface area contributed by atoms with E-state index in [-0.39, 0.29) is 5.91 Å². The van der Waals surface area contributed by atoms with Gasteiger partial charge in [0.2, 0.25) is 5.91 Å². The highest BCUT2D eigenvalue weighted by molar-refractivity contribution is 6.30. The van der Waals surface area contributed by atoms with Crippen LogP contribution >= 0.6 is 11.6 Å². The van der Waals surface area contributed by atoms with E-state index in [0.29, 0.717) is 16.8 Å². The van der Waals surface area contributed by atoms with E-state index in [4.69, 9.17) is 17.0 Å². The van der Waals surface area contributed by atoms with Crippen LogP contribution in [0.25, 0.3) is 16.8 Å².